The molecule has 6 nitrogen and oxygen atoms in total. The molecule has 0 amide bonds. The second kappa shape index (κ2) is 12.8. The molecular formula is C16H25ClFN3O3. The van der Waals surface area contributed by atoms with Gasteiger partial charge in [0.05, 0.1) is 10.6 Å². The van der Waals surface area contributed by atoms with Gasteiger partial charge in [-0.25, -0.2) is 4.39 Å². The minimum absolute atomic E-state index is 0.00463. The molecule has 8 heteroatoms. The summed E-state index contributed by atoms with van der Waals surface area (Å²) in [6, 6.07) is 3.74. The van der Waals surface area contributed by atoms with E-state index in [9.17, 15) is 14.0 Å². The molecule has 0 saturated heterocycles. The van der Waals surface area contributed by atoms with Gasteiger partial charge >= 0.3 is 5.97 Å². The van der Waals surface area contributed by atoms with Crippen molar-refractivity contribution in [3.8, 4) is 0 Å². The summed E-state index contributed by atoms with van der Waals surface area (Å²) in [5, 5.41) is 8.13. The first-order chi connectivity index (χ1) is 11.3. The molecule has 1 aromatic carbocycles. The fourth-order valence-corrected chi connectivity index (χ4v) is 2.07. The standard InChI is InChI=1S/C7H4ClFO.C6H13N.C3H8N2O2/c8-6-2-1-3-7(9)5(6)4-10;7-6-4-2-1-3-5-6;4-1-2(5)3(6)7/h1-4H;6H,1-5,7H2;2H,1,4-5H2,(H,6,7)/t;;2-/m..0/s1. The highest BCUT2D eigenvalue weighted by Crippen LogP contribution is 2.16. The fraction of sp³-hybridized carbons (Fsp3) is 0.500. The Bertz CT molecular complexity index is 491. The van der Waals surface area contributed by atoms with Gasteiger partial charge in [0.2, 0.25) is 0 Å². The third-order valence-electron chi connectivity index (χ3n) is 3.34. The van der Waals surface area contributed by atoms with E-state index >= 15 is 0 Å². The summed E-state index contributed by atoms with van der Waals surface area (Å²) in [5.74, 6) is -1.63. The van der Waals surface area contributed by atoms with Crippen LogP contribution in [-0.2, 0) is 4.79 Å². The molecule has 0 radical (unpaired) electrons. The number of hydrogen-bond donors (Lipinski definition) is 4. The van der Waals surface area contributed by atoms with Crippen molar-refractivity contribution in [1.29, 1.82) is 0 Å². The summed E-state index contributed by atoms with van der Waals surface area (Å²) >= 11 is 5.46. The zero-order chi connectivity index (χ0) is 18.5. The summed E-state index contributed by atoms with van der Waals surface area (Å²) in [7, 11) is 0. The van der Waals surface area contributed by atoms with Gasteiger partial charge in [-0.3, -0.25) is 9.59 Å². The maximum atomic E-state index is 12.5. The SMILES string of the molecule is NC1CCCCC1.NC[C@H](N)C(=O)O.O=Cc1c(F)cccc1Cl. The molecule has 0 aromatic heterocycles. The van der Waals surface area contributed by atoms with Crippen molar-refractivity contribution in [2.24, 2.45) is 17.2 Å². The average molecular weight is 362 g/mol. The lowest BCUT2D eigenvalue weighted by Gasteiger charge is -2.15. The van der Waals surface area contributed by atoms with E-state index in [2.05, 4.69) is 0 Å². The Balaban J connectivity index is 0.000000340. The van der Waals surface area contributed by atoms with Crippen LogP contribution < -0.4 is 17.2 Å². The molecule has 1 aliphatic rings. The Morgan fingerprint density at radius 1 is 1.38 bits per heavy atom. The highest BCUT2D eigenvalue weighted by atomic mass is 35.5. The highest BCUT2D eigenvalue weighted by molar-refractivity contribution is 6.32. The van der Waals surface area contributed by atoms with Gasteiger partial charge in [-0.2, -0.15) is 0 Å². The van der Waals surface area contributed by atoms with Crippen molar-refractivity contribution in [3.05, 3.63) is 34.6 Å². The van der Waals surface area contributed by atoms with Gasteiger partial charge in [0.1, 0.15) is 11.9 Å². The molecule has 0 unspecified atom stereocenters. The quantitative estimate of drug-likeness (QED) is 0.608. The molecule has 7 N–H and O–H groups in total. The van der Waals surface area contributed by atoms with Gasteiger partial charge in [0.15, 0.2) is 6.29 Å². The van der Waals surface area contributed by atoms with Gasteiger partial charge in [-0.15, -0.1) is 0 Å². The van der Waals surface area contributed by atoms with Crippen LogP contribution in [0.25, 0.3) is 0 Å². The van der Waals surface area contributed by atoms with Crippen LogP contribution in [0.5, 0.6) is 0 Å². The van der Waals surface area contributed by atoms with Crippen LogP contribution in [0.2, 0.25) is 5.02 Å². The molecule has 0 aliphatic heterocycles. The molecule has 2 rings (SSSR count). The smallest absolute Gasteiger partial charge is 0.321 e. The number of rotatable bonds is 3. The number of aldehydes is 1. The van der Waals surface area contributed by atoms with E-state index in [4.69, 9.17) is 33.9 Å². The molecule has 0 spiro atoms. The molecule has 24 heavy (non-hydrogen) atoms. The molecule has 1 aliphatic carbocycles. The highest BCUT2D eigenvalue weighted by Gasteiger charge is 2.06. The van der Waals surface area contributed by atoms with E-state index in [0.29, 0.717) is 12.3 Å². The third-order valence-corrected chi connectivity index (χ3v) is 3.67. The lowest BCUT2D eigenvalue weighted by molar-refractivity contribution is -0.138. The number of carboxylic acid groups (broad SMARTS) is 1. The van der Waals surface area contributed by atoms with Crippen LogP contribution in [0.4, 0.5) is 4.39 Å². The first-order valence-electron chi connectivity index (χ1n) is 7.66. The van der Waals surface area contributed by atoms with Gasteiger partial charge in [-0.1, -0.05) is 36.9 Å². The Morgan fingerprint density at radius 3 is 2.21 bits per heavy atom. The molecule has 136 valence electrons. The maximum absolute atomic E-state index is 12.5. The summed E-state index contributed by atoms with van der Waals surface area (Å²) in [6.45, 7) is -0.00463. The lowest BCUT2D eigenvalue weighted by Crippen LogP contribution is -2.37. The van der Waals surface area contributed by atoms with Crippen LogP contribution in [0.1, 0.15) is 42.5 Å². The average Bonchev–Trinajstić information content (AvgIpc) is 2.56. The number of carboxylic acids is 1. The number of carbonyl (C=O) groups is 2. The van der Waals surface area contributed by atoms with E-state index in [-0.39, 0.29) is 17.1 Å². The summed E-state index contributed by atoms with van der Waals surface area (Å²) in [6.07, 6.45) is 7.06. The topological polar surface area (TPSA) is 132 Å². The summed E-state index contributed by atoms with van der Waals surface area (Å²) in [4.78, 5) is 19.8. The Labute approximate surface area is 146 Å². The number of nitrogens with two attached hydrogens (primary N) is 3. The van der Waals surface area contributed by atoms with Crippen molar-refractivity contribution in [2.45, 2.75) is 44.2 Å². The van der Waals surface area contributed by atoms with Crippen LogP contribution in [0.3, 0.4) is 0 Å². The minimum atomic E-state index is -1.05. The van der Waals surface area contributed by atoms with E-state index in [1.54, 1.807) is 0 Å². The van der Waals surface area contributed by atoms with Crippen LogP contribution >= 0.6 is 11.6 Å². The molecule has 1 atom stereocenters. The van der Waals surface area contributed by atoms with Gasteiger partial charge in [-0.05, 0) is 25.0 Å². The Morgan fingerprint density at radius 2 is 1.96 bits per heavy atom. The molecule has 1 aromatic rings. The van der Waals surface area contributed by atoms with Gasteiger partial charge in [0.25, 0.3) is 0 Å². The van der Waals surface area contributed by atoms with Crippen LogP contribution in [0, 0.1) is 5.82 Å². The predicted molar refractivity (Wildman–Crippen MR) is 92.5 cm³/mol. The molecule has 0 heterocycles. The van der Waals surface area contributed by atoms with E-state index in [0.717, 1.165) is 0 Å². The first kappa shape index (κ1) is 22.5. The van der Waals surface area contributed by atoms with Crippen molar-refractivity contribution >= 4 is 23.9 Å². The first-order valence-corrected chi connectivity index (χ1v) is 8.04. The van der Waals surface area contributed by atoms with Crippen molar-refractivity contribution in [1.82, 2.24) is 0 Å². The maximum Gasteiger partial charge on any atom is 0.321 e. The number of aliphatic carboxylic acids is 1. The molecule has 0 bridgehead atoms. The van der Waals surface area contributed by atoms with Crippen LogP contribution in [-0.4, -0.2) is 36.0 Å². The zero-order valence-corrected chi connectivity index (χ0v) is 14.2. The summed E-state index contributed by atoms with van der Waals surface area (Å²) in [5.41, 5.74) is 15.3. The van der Waals surface area contributed by atoms with Crippen molar-refractivity contribution < 1.29 is 19.1 Å². The second-order valence-corrected chi connectivity index (χ2v) is 5.74. The Hall–Kier alpha value is -1.54. The molecular weight excluding hydrogens is 337 g/mol. The molecule has 1 fully saturated rings. The number of carbonyl (C=O) groups excluding carboxylic acids is 1. The monoisotopic (exact) mass is 361 g/mol. The van der Waals surface area contributed by atoms with Crippen molar-refractivity contribution in [2.75, 3.05) is 6.54 Å². The van der Waals surface area contributed by atoms with E-state index in [1.807, 2.05) is 0 Å². The van der Waals surface area contributed by atoms with Crippen molar-refractivity contribution in [3.63, 3.8) is 0 Å². The molecule has 1 saturated carbocycles. The van der Waals surface area contributed by atoms with Gasteiger partial charge in [0, 0.05) is 12.6 Å². The van der Waals surface area contributed by atoms with E-state index < -0.39 is 17.8 Å². The largest absolute Gasteiger partial charge is 0.480 e. The van der Waals surface area contributed by atoms with Crippen LogP contribution in [0.15, 0.2) is 18.2 Å². The number of halogens is 2. The fourth-order valence-electron chi connectivity index (χ4n) is 1.86. The normalized spacial score (nSPS) is 15.2. The predicted octanol–water partition coefficient (Wildman–Crippen LogP) is 1.93. The van der Waals surface area contributed by atoms with Gasteiger partial charge < -0.3 is 22.3 Å². The number of hydrogen-bond acceptors (Lipinski definition) is 5. The minimum Gasteiger partial charge on any atom is -0.480 e. The second-order valence-electron chi connectivity index (χ2n) is 5.33. The lowest BCUT2D eigenvalue weighted by atomic mass is 9.97. The Kier molecular flexibility index (Phi) is 12.0. The zero-order valence-electron chi connectivity index (χ0n) is 13.5. The third kappa shape index (κ3) is 9.57. The number of benzene rings is 1. The van der Waals surface area contributed by atoms with E-state index in [1.165, 1.54) is 50.3 Å². The summed E-state index contributed by atoms with van der Waals surface area (Å²) < 4.78 is 12.5.